The number of hydrogen-bond acceptors (Lipinski definition) is 1. The molecule has 0 amide bonds. The number of hydrogen-bond donors (Lipinski definition) is 0. The molecule has 1 heterocycles. The van der Waals surface area contributed by atoms with Gasteiger partial charge in [0.1, 0.15) is 11.2 Å². The lowest BCUT2D eigenvalue weighted by Crippen LogP contribution is -1.91. The molecule has 0 spiro atoms. The first kappa shape index (κ1) is 30.3. The summed E-state index contributed by atoms with van der Waals surface area (Å²) in [5, 5.41) is 17.0. The van der Waals surface area contributed by atoms with Gasteiger partial charge in [0.25, 0.3) is 0 Å². The fraction of sp³-hybridized carbons (Fsp3) is 0. The van der Waals surface area contributed by atoms with Crippen LogP contribution in [0.3, 0.4) is 0 Å². The third-order valence-electron chi connectivity index (χ3n) is 11.8. The molecule has 55 heavy (non-hydrogen) atoms. The smallest absolute Gasteiger partial charge is 0.143 e. The van der Waals surface area contributed by atoms with Gasteiger partial charge in [-0.1, -0.05) is 170 Å². The molecule has 12 aromatic rings. The Bertz CT molecular complexity index is 3490. The molecule has 0 radical (unpaired) electrons. The van der Waals surface area contributed by atoms with Crippen molar-refractivity contribution in [2.75, 3.05) is 0 Å². The van der Waals surface area contributed by atoms with Crippen molar-refractivity contribution in [3.05, 3.63) is 194 Å². The number of rotatable bonds is 3. The van der Waals surface area contributed by atoms with Crippen molar-refractivity contribution in [1.29, 1.82) is 0 Å². The maximum absolute atomic E-state index is 6.94. The lowest BCUT2D eigenvalue weighted by molar-refractivity contribution is 0.676. The van der Waals surface area contributed by atoms with E-state index in [-0.39, 0.29) is 0 Å². The van der Waals surface area contributed by atoms with Crippen molar-refractivity contribution in [3.63, 3.8) is 0 Å². The van der Waals surface area contributed by atoms with E-state index in [0.29, 0.717) is 0 Å². The van der Waals surface area contributed by atoms with Crippen LogP contribution in [-0.4, -0.2) is 0 Å². The second kappa shape index (κ2) is 11.6. The number of fused-ring (bicyclic) bond motifs is 13. The zero-order chi connectivity index (χ0) is 36.0. The van der Waals surface area contributed by atoms with Crippen LogP contribution in [0.1, 0.15) is 0 Å². The summed E-state index contributed by atoms with van der Waals surface area (Å²) in [6.45, 7) is 0. The van der Waals surface area contributed by atoms with Crippen LogP contribution in [0, 0.1) is 0 Å². The molecule has 1 heteroatoms. The maximum atomic E-state index is 6.94. The second-order valence-corrected chi connectivity index (χ2v) is 14.8. The molecule has 0 aliphatic carbocycles. The van der Waals surface area contributed by atoms with Crippen LogP contribution in [0.4, 0.5) is 0 Å². The summed E-state index contributed by atoms with van der Waals surface area (Å²) in [4.78, 5) is 0. The van der Waals surface area contributed by atoms with Crippen molar-refractivity contribution < 1.29 is 4.42 Å². The van der Waals surface area contributed by atoms with Crippen molar-refractivity contribution in [2.24, 2.45) is 0 Å². The third-order valence-corrected chi connectivity index (χ3v) is 11.8. The van der Waals surface area contributed by atoms with Crippen molar-refractivity contribution in [1.82, 2.24) is 0 Å². The van der Waals surface area contributed by atoms with Gasteiger partial charge >= 0.3 is 0 Å². The van der Waals surface area contributed by atoms with Crippen LogP contribution >= 0.6 is 0 Å². The Hall–Kier alpha value is -7.22. The van der Waals surface area contributed by atoms with E-state index < -0.39 is 0 Å². The second-order valence-electron chi connectivity index (χ2n) is 14.8. The summed E-state index contributed by atoms with van der Waals surface area (Å²) >= 11 is 0. The van der Waals surface area contributed by atoms with Gasteiger partial charge in [0, 0.05) is 21.5 Å². The molecule has 1 aromatic heterocycles. The third kappa shape index (κ3) is 4.48. The van der Waals surface area contributed by atoms with Gasteiger partial charge in [0.15, 0.2) is 0 Å². The zero-order valence-corrected chi connectivity index (χ0v) is 29.9. The van der Waals surface area contributed by atoms with Crippen LogP contribution in [0.5, 0.6) is 0 Å². The predicted octanol–water partition coefficient (Wildman–Crippen LogP) is 15.5. The zero-order valence-electron chi connectivity index (χ0n) is 29.9. The van der Waals surface area contributed by atoms with Gasteiger partial charge in [-0.15, -0.1) is 0 Å². The van der Waals surface area contributed by atoms with Gasteiger partial charge in [-0.25, -0.2) is 0 Å². The quantitative estimate of drug-likeness (QED) is 0.132. The summed E-state index contributed by atoms with van der Waals surface area (Å²) in [6.07, 6.45) is 0. The largest absolute Gasteiger partial charge is 0.455 e. The number of furan rings is 1. The summed E-state index contributed by atoms with van der Waals surface area (Å²) in [5.74, 6) is 0. The Balaban J connectivity index is 1.09. The van der Waals surface area contributed by atoms with E-state index >= 15 is 0 Å². The summed E-state index contributed by atoms with van der Waals surface area (Å²) < 4.78 is 6.94. The maximum Gasteiger partial charge on any atom is 0.143 e. The first-order chi connectivity index (χ1) is 27.3. The average molecular weight is 697 g/mol. The van der Waals surface area contributed by atoms with Crippen LogP contribution in [0.25, 0.3) is 120 Å². The Morgan fingerprint density at radius 3 is 1.45 bits per heavy atom. The summed E-state index contributed by atoms with van der Waals surface area (Å²) in [5.41, 5.74) is 9.21. The molecular formula is C54H32O. The van der Waals surface area contributed by atoms with Gasteiger partial charge in [-0.2, -0.15) is 0 Å². The molecule has 0 bridgehead atoms. The minimum atomic E-state index is 0.944. The van der Waals surface area contributed by atoms with Gasteiger partial charge < -0.3 is 4.42 Å². The molecule has 0 atom stereocenters. The summed E-state index contributed by atoms with van der Waals surface area (Å²) in [7, 11) is 0. The normalized spacial score (nSPS) is 12.0. The van der Waals surface area contributed by atoms with Gasteiger partial charge in [-0.05, 0) is 112 Å². The molecule has 12 rings (SSSR count). The van der Waals surface area contributed by atoms with Crippen molar-refractivity contribution in [2.45, 2.75) is 0 Å². The van der Waals surface area contributed by atoms with Gasteiger partial charge in [0.2, 0.25) is 0 Å². The number of benzene rings is 11. The van der Waals surface area contributed by atoms with Gasteiger partial charge in [-0.3, -0.25) is 0 Å². The molecule has 0 aliphatic heterocycles. The van der Waals surface area contributed by atoms with E-state index in [2.05, 4.69) is 194 Å². The van der Waals surface area contributed by atoms with E-state index in [4.69, 9.17) is 4.42 Å². The molecule has 0 fully saturated rings. The highest BCUT2D eigenvalue weighted by atomic mass is 16.3. The van der Waals surface area contributed by atoms with E-state index in [1.165, 1.54) is 87.1 Å². The Morgan fingerprint density at radius 1 is 0.236 bits per heavy atom. The molecule has 0 N–H and O–H groups in total. The lowest BCUT2D eigenvalue weighted by atomic mass is 9.85. The minimum absolute atomic E-state index is 0.944. The Kier molecular flexibility index (Phi) is 6.40. The highest BCUT2D eigenvalue weighted by molar-refractivity contribution is 6.32. The average Bonchev–Trinajstić information content (AvgIpc) is 3.66. The van der Waals surface area contributed by atoms with E-state index in [9.17, 15) is 0 Å². The van der Waals surface area contributed by atoms with Crippen molar-refractivity contribution >= 4 is 86.6 Å². The first-order valence-electron chi connectivity index (χ1n) is 19.0. The highest BCUT2D eigenvalue weighted by Gasteiger charge is 2.20. The minimum Gasteiger partial charge on any atom is -0.455 e. The van der Waals surface area contributed by atoms with Crippen LogP contribution in [0.15, 0.2) is 199 Å². The molecule has 11 aromatic carbocycles. The van der Waals surface area contributed by atoms with Crippen LogP contribution in [0.2, 0.25) is 0 Å². The van der Waals surface area contributed by atoms with Gasteiger partial charge in [0.05, 0.1) is 0 Å². The molecule has 0 saturated carbocycles. The van der Waals surface area contributed by atoms with E-state index in [1.807, 2.05) is 0 Å². The van der Waals surface area contributed by atoms with Crippen LogP contribution < -0.4 is 0 Å². The fourth-order valence-electron chi connectivity index (χ4n) is 9.31. The van der Waals surface area contributed by atoms with E-state index in [0.717, 1.165) is 32.9 Å². The molecule has 254 valence electrons. The first-order valence-corrected chi connectivity index (χ1v) is 19.0. The highest BCUT2D eigenvalue weighted by Crippen LogP contribution is 2.46. The molecule has 0 saturated heterocycles. The molecule has 1 nitrogen and oxygen atoms in total. The van der Waals surface area contributed by atoms with Crippen molar-refractivity contribution in [3.8, 4) is 33.4 Å². The topological polar surface area (TPSA) is 13.1 Å². The monoisotopic (exact) mass is 696 g/mol. The standard InChI is InChI=1S/C54H32O/c1-2-14-35-30-39(25-24-33(35)12-1)51-46-22-9-7-20-44(46)50(45-21-8-10-23-47(45)51)38-16-11-15-36(31-38)37-27-28-42-41-18-5-6-19-43(41)52-48-29-26-34-13-3-4-17-40(34)53(48)55-54(52)49(42)32-37/h1-32H. The molecule has 0 unspecified atom stereocenters. The predicted molar refractivity (Wildman–Crippen MR) is 235 cm³/mol. The summed E-state index contributed by atoms with van der Waals surface area (Å²) in [6, 6.07) is 71.0. The van der Waals surface area contributed by atoms with E-state index in [1.54, 1.807) is 0 Å². The SMILES string of the molecule is c1cc(-c2ccc3c4ccccc4c4c5ccc6ccccc6c5oc4c3c2)cc(-c2c3ccccc3c(-c3ccc4ccccc4c3)c3ccccc23)c1. The molecular weight excluding hydrogens is 665 g/mol. The lowest BCUT2D eigenvalue weighted by Gasteiger charge is -2.18. The molecule has 0 aliphatic rings. The fourth-order valence-corrected chi connectivity index (χ4v) is 9.31. The van der Waals surface area contributed by atoms with Crippen LogP contribution in [-0.2, 0) is 0 Å². The Labute approximate surface area is 317 Å². The Morgan fingerprint density at radius 2 is 0.727 bits per heavy atom.